The molecule has 22 heavy (non-hydrogen) atoms. The predicted octanol–water partition coefficient (Wildman–Crippen LogP) is 2.89. The van der Waals surface area contributed by atoms with Crippen LogP contribution in [0.2, 0.25) is 0 Å². The molecular formula is C16H18N4OS. The molecule has 0 aliphatic rings. The molecule has 114 valence electrons. The van der Waals surface area contributed by atoms with Crippen molar-refractivity contribution in [2.24, 2.45) is 0 Å². The largest absolute Gasteiger partial charge is 0.353 e. The van der Waals surface area contributed by atoms with E-state index in [-0.39, 0.29) is 11.9 Å². The molecule has 0 bridgehead atoms. The van der Waals surface area contributed by atoms with Gasteiger partial charge in [0.15, 0.2) is 10.8 Å². The SMILES string of the molecule is CC[C@@H](C)NC(=O)CSc1nnc2ccc3ccccc3n12. The first-order valence-electron chi connectivity index (χ1n) is 7.34. The fraction of sp³-hybridized carbons (Fsp3) is 0.312. The average molecular weight is 314 g/mol. The molecule has 3 rings (SSSR count). The summed E-state index contributed by atoms with van der Waals surface area (Å²) < 4.78 is 2.00. The number of pyridine rings is 1. The number of benzene rings is 1. The van der Waals surface area contributed by atoms with E-state index in [4.69, 9.17) is 0 Å². The summed E-state index contributed by atoms with van der Waals surface area (Å²) in [6.07, 6.45) is 0.926. The van der Waals surface area contributed by atoms with Gasteiger partial charge in [0.05, 0.1) is 11.3 Å². The molecule has 1 aromatic carbocycles. The Morgan fingerprint density at radius 3 is 2.91 bits per heavy atom. The number of aromatic nitrogens is 3. The van der Waals surface area contributed by atoms with E-state index in [2.05, 4.69) is 28.5 Å². The van der Waals surface area contributed by atoms with Crippen LogP contribution in [0.4, 0.5) is 0 Å². The van der Waals surface area contributed by atoms with Gasteiger partial charge in [0.1, 0.15) is 0 Å². The van der Waals surface area contributed by atoms with Crippen molar-refractivity contribution in [3.8, 4) is 0 Å². The smallest absolute Gasteiger partial charge is 0.230 e. The lowest BCUT2D eigenvalue weighted by Crippen LogP contribution is -2.33. The second-order valence-electron chi connectivity index (χ2n) is 5.23. The molecule has 2 aromatic heterocycles. The molecule has 0 aliphatic carbocycles. The first-order valence-corrected chi connectivity index (χ1v) is 8.32. The Labute approximate surface area is 133 Å². The zero-order chi connectivity index (χ0) is 15.5. The number of nitrogens with one attached hydrogen (secondary N) is 1. The molecule has 0 spiro atoms. The van der Waals surface area contributed by atoms with E-state index in [0.29, 0.717) is 5.75 Å². The van der Waals surface area contributed by atoms with Crippen LogP contribution in [0.1, 0.15) is 20.3 Å². The number of fused-ring (bicyclic) bond motifs is 3. The first kappa shape index (κ1) is 14.8. The topological polar surface area (TPSA) is 59.3 Å². The number of para-hydroxylation sites is 1. The minimum Gasteiger partial charge on any atom is -0.353 e. The van der Waals surface area contributed by atoms with Crippen LogP contribution in [0.25, 0.3) is 16.6 Å². The number of carbonyl (C=O) groups is 1. The van der Waals surface area contributed by atoms with Crippen molar-refractivity contribution in [2.75, 3.05) is 5.75 Å². The van der Waals surface area contributed by atoms with Gasteiger partial charge in [-0.25, -0.2) is 0 Å². The number of hydrogen-bond acceptors (Lipinski definition) is 4. The van der Waals surface area contributed by atoms with Crippen molar-refractivity contribution >= 4 is 34.2 Å². The predicted molar refractivity (Wildman–Crippen MR) is 89.1 cm³/mol. The van der Waals surface area contributed by atoms with Crippen LogP contribution in [0.5, 0.6) is 0 Å². The lowest BCUT2D eigenvalue weighted by molar-refractivity contribution is -0.119. The van der Waals surface area contributed by atoms with Crippen LogP contribution in [0, 0.1) is 0 Å². The molecule has 0 fully saturated rings. The van der Waals surface area contributed by atoms with Gasteiger partial charge >= 0.3 is 0 Å². The fourth-order valence-electron chi connectivity index (χ4n) is 2.25. The van der Waals surface area contributed by atoms with Crippen molar-refractivity contribution < 1.29 is 4.79 Å². The third kappa shape index (κ3) is 2.92. The number of rotatable bonds is 5. The Bertz CT molecular complexity index is 814. The van der Waals surface area contributed by atoms with E-state index >= 15 is 0 Å². The number of nitrogens with zero attached hydrogens (tertiary/aromatic N) is 3. The zero-order valence-electron chi connectivity index (χ0n) is 12.6. The minimum absolute atomic E-state index is 0.0244. The summed E-state index contributed by atoms with van der Waals surface area (Å²) in [6.45, 7) is 4.05. The van der Waals surface area contributed by atoms with Gasteiger partial charge < -0.3 is 5.32 Å². The van der Waals surface area contributed by atoms with Crippen LogP contribution >= 0.6 is 11.8 Å². The Morgan fingerprint density at radius 2 is 2.09 bits per heavy atom. The van der Waals surface area contributed by atoms with Crippen LogP contribution in [-0.2, 0) is 4.79 Å². The number of amides is 1. The van der Waals surface area contributed by atoms with E-state index in [0.717, 1.165) is 28.1 Å². The van der Waals surface area contributed by atoms with Crippen LogP contribution in [-0.4, -0.2) is 32.3 Å². The molecule has 1 N–H and O–H groups in total. The number of carbonyl (C=O) groups excluding carboxylic acids is 1. The van der Waals surface area contributed by atoms with Crippen LogP contribution < -0.4 is 5.32 Å². The molecule has 0 aliphatic heterocycles. The van der Waals surface area contributed by atoms with E-state index < -0.39 is 0 Å². The Hall–Kier alpha value is -2.08. The molecule has 0 unspecified atom stereocenters. The maximum Gasteiger partial charge on any atom is 0.230 e. The third-order valence-corrected chi connectivity index (χ3v) is 4.53. The van der Waals surface area contributed by atoms with Gasteiger partial charge in [-0.15, -0.1) is 10.2 Å². The standard InChI is InChI=1S/C16H18N4OS/c1-3-11(2)17-15(21)10-22-16-19-18-14-9-8-12-6-4-5-7-13(12)20(14)16/h4-9,11H,3,10H2,1-2H3,(H,17,21)/t11-/m1/s1. The van der Waals surface area contributed by atoms with Crippen LogP contribution in [0.15, 0.2) is 41.6 Å². The molecular weight excluding hydrogens is 296 g/mol. The van der Waals surface area contributed by atoms with E-state index in [9.17, 15) is 4.79 Å². The van der Waals surface area contributed by atoms with Crippen molar-refractivity contribution in [2.45, 2.75) is 31.5 Å². The van der Waals surface area contributed by atoms with E-state index in [1.165, 1.54) is 11.8 Å². The fourth-order valence-corrected chi connectivity index (χ4v) is 3.02. The zero-order valence-corrected chi connectivity index (χ0v) is 13.4. The van der Waals surface area contributed by atoms with Gasteiger partial charge in [-0.2, -0.15) is 0 Å². The number of hydrogen-bond donors (Lipinski definition) is 1. The maximum absolute atomic E-state index is 11.9. The lowest BCUT2D eigenvalue weighted by Gasteiger charge is -2.10. The Kier molecular flexibility index (Phi) is 4.29. The summed E-state index contributed by atoms with van der Waals surface area (Å²) in [5.74, 6) is 0.366. The summed E-state index contributed by atoms with van der Waals surface area (Å²) in [7, 11) is 0. The maximum atomic E-state index is 11.9. The Morgan fingerprint density at radius 1 is 1.27 bits per heavy atom. The van der Waals surface area contributed by atoms with Gasteiger partial charge in [-0.1, -0.05) is 36.9 Å². The average Bonchev–Trinajstić information content (AvgIpc) is 2.96. The highest BCUT2D eigenvalue weighted by atomic mass is 32.2. The second kappa shape index (κ2) is 6.36. The van der Waals surface area contributed by atoms with E-state index in [1.54, 1.807) is 0 Å². The highest BCUT2D eigenvalue weighted by Gasteiger charge is 2.12. The summed E-state index contributed by atoms with van der Waals surface area (Å²) in [6, 6.07) is 12.3. The second-order valence-corrected chi connectivity index (χ2v) is 6.18. The van der Waals surface area contributed by atoms with Gasteiger partial charge in [0.2, 0.25) is 5.91 Å². The highest BCUT2D eigenvalue weighted by molar-refractivity contribution is 7.99. The van der Waals surface area contributed by atoms with Crippen molar-refractivity contribution in [1.29, 1.82) is 0 Å². The molecule has 5 nitrogen and oxygen atoms in total. The summed E-state index contributed by atoms with van der Waals surface area (Å²) in [4.78, 5) is 11.9. The van der Waals surface area contributed by atoms with Crippen LogP contribution in [0.3, 0.4) is 0 Å². The number of thioether (sulfide) groups is 1. The normalized spacial score (nSPS) is 12.6. The molecule has 3 aromatic rings. The summed E-state index contributed by atoms with van der Waals surface area (Å²) in [5, 5.41) is 13.2. The minimum atomic E-state index is 0.0244. The molecule has 2 heterocycles. The monoisotopic (exact) mass is 314 g/mol. The molecule has 1 atom stereocenters. The van der Waals surface area contributed by atoms with Gasteiger partial charge in [-0.3, -0.25) is 9.20 Å². The van der Waals surface area contributed by atoms with Gasteiger partial charge in [0.25, 0.3) is 0 Å². The molecule has 0 radical (unpaired) electrons. The molecule has 1 amide bonds. The van der Waals surface area contributed by atoms with Crippen molar-refractivity contribution in [1.82, 2.24) is 19.9 Å². The highest BCUT2D eigenvalue weighted by Crippen LogP contribution is 2.22. The molecule has 0 saturated heterocycles. The molecule has 0 saturated carbocycles. The summed E-state index contributed by atoms with van der Waals surface area (Å²) >= 11 is 1.41. The van der Waals surface area contributed by atoms with Gasteiger partial charge in [0, 0.05) is 6.04 Å². The summed E-state index contributed by atoms with van der Waals surface area (Å²) in [5.41, 5.74) is 1.85. The lowest BCUT2D eigenvalue weighted by atomic mass is 10.2. The molecule has 6 heteroatoms. The third-order valence-electron chi connectivity index (χ3n) is 3.60. The first-order chi connectivity index (χ1) is 10.7. The van der Waals surface area contributed by atoms with Crippen molar-refractivity contribution in [3.05, 3.63) is 36.4 Å². The Balaban J connectivity index is 1.85. The quantitative estimate of drug-likeness (QED) is 0.736. The van der Waals surface area contributed by atoms with E-state index in [1.807, 2.05) is 41.7 Å². The van der Waals surface area contributed by atoms with Gasteiger partial charge in [-0.05, 0) is 36.9 Å². The van der Waals surface area contributed by atoms with Crippen molar-refractivity contribution in [3.63, 3.8) is 0 Å².